The second kappa shape index (κ2) is 9.54. The summed E-state index contributed by atoms with van der Waals surface area (Å²) in [5.74, 6) is -0.142. The monoisotopic (exact) mass is 464 g/mol. The van der Waals surface area contributed by atoms with E-state index in [1.165, 1.54) is 11.1 Å². The molecule has 1 amide bonds. The molecule has 0 radical (unpaired) electrons. The number of nitrogens with one attached hydrogen (secondary N) is 2. The number of H-pyrrole nitrogens is 1. The van der Waals surface area contributed by atoms with Crippen LogP contribution in [0.2, 0.25) is 0 Å². The van der Waals surface area contributed by atoms with E-state index in [1.807, 2.05) is 55.4 Å². The highest BCUT2D eigenvalue weighted by molar-refractivity contribution is 5.94. The minimum Gasteiger partial charge on any atom is -0.348 e. The van der Waals surface area contributed by atoms with Crippen LogP contribution in [0.5, 0.6) is 0 Å². The minimum absolute atomic E-state index is 0.142. The lowest BCUT2D eigenvalue weighted by atomic mass is 10.0. The Labute approximate surface area is 204 Å². The molecule has 7 nitrogen and oxygen atoms in total. The molecule has 1 aromatic carbocycles. The number of hydrogen-bond donors (Lipinski definition) is 2. The summed E-state index contributed by atoms with van der Waals surface area (Å²) in [5, 5.41) is 8.47. The Balaban J connectivity index is 1.24. The zero-order chi connectivity index (χ0) is 24.4. The van der Waals surface area contributed by atoms with Crippen LogP contribution in [0.15, 0.2) is 67.4 Å². The van der Waals surface area contributed by atoms with Crippen molar-refractivity contribution < 1.29 is 4.79 Å². The molecule has 0 aliphatic heterocycles. The van der Waals surface area contributed by atoms with Crippen LogP contribution in [-0.2, 0) is 19.5 Å². The number of carbonyl (C=O) groups excluding carboxylic acids is 1. The first-order valence-corrected chi connectivity index (χ1v) is 11.7. The number of rotatable bonds is 7. The molecule has 4 heterocycles. The molecule has 4 aromatic heterocycles. The van der Waals surface area contributed by atoms with Gasteiger partial charge in [0.15, 0.2) is 0 Å². The molecule has 5 rings (SSSR count). The van der Waals surface area contributed by atoms with Gasteiger partial charge in [0.25, 0.3) is 5.91 Å². The number of pyridine rings is 2. The lowest BCUT2D eigenvalue weighted by Gasteiger charge is -2.12. The van der Waals surface area contributed by atoms with E-state index in [2.05, 4.69) is 56.6 Å². The van der Waals surface area contributed by atoms with Crippen molar-refractivity contribution in [2.45, 2.75) is 40.3 Å². The Morgan fingerprint density at radius 1 is 1.00 bits per heavy atom. The fraction of sp³-hybridized carbons (Fsp3) is 0.214. The summed E-state index contributed by atoms with van der Waals surface area (Å²) in [4.78, 5) is 25.0. The highest BCUT2D eigenvalue weighted by atomic mass is 16.1. The third-order valence-corrected chi connectivity index (χ3v) is 6.32. The van der Waals surface area contributed by atoms with Crippen molar-refractivity contribution in [3.05, 3.63) is 112 Å². The number of nitrogens with zero attached hydrogens (tertiary/aromatic N) is 4. The summed E-state index contributed by atoms with van der Waals surface area (Å²) in [7, 11) is 0. The van der Waals surface area contributed by atoms with Gasteiger partial charge in [-0.15, -0.1) is 0 Å². The maximum absolute atomic E-state index is 12.9. The highest BCUT2D eigenvalue weighted by Crippen LogP contribution is 2.22. The van der Waals surface area contributed by atoms with E-state index < -0.39 is 0 Å². The number of fused-ring (bicyclic) bond motifs is 1. The number of aromatic nitrogens is 5. The molecule has 7 heteroatoms. The number of amides is 1. The van der Waals surface area contributed by atoms with Crippen molar-refractivity contribution in [1.29, 1.82) is 0 Å². The van der Waals surface area contributed by atoms with E-state index in [-0.39, 0.29) is 5.91 Å². The molecule has 0 saturated carbocycles. The Bertz CT molecular complexity index is 1500. The standard InChI is InChI=1S/C28H28N6O/c1-18-12-32-34(16-18)17-22-6-4-21(5-7-22)10-23-11-24(14-29-13-23)28(35)31-15-26-19(2)25-8-9-30-27(25)33-20(26)3/h4-9,11-14,16H,10,15,17H2,1-3H3,(H,30,33)(H,31,35). The maximum atomic E-state index is 12.9. The first-order valence-electron chi connectivity index (χ1n) is 11.7. The minimum atomic E-state index is -0.142. The van der Waals surface area contributed by atoms with Gasteiger partial charge in [0, 0.05) is 42.4 Å². The van der Waals surface area contributed by atoms with Crippen molar-refractivity contribution in [3.63, 3.8) is 0 Å². The predicted octanol–water partition coefficient (Wildman–Crippen LogP) is 4.65. The summed E-state index contributed by atoms with van der Waals surface area (Å²) in [5.41, 5.74) is 9.03. The van der Waals surface area contributed by atoms with Crippen LogP contribution in [-0.4, -0.2) is 30.6 Å². The van der Waals surface area contributed by atoms with Gasteiger partial charge in [-0.1, -0.05) is 24.3 Å². The van der Waals surface area contributed by atoms with Crippen LogP contribution >= 0.6 is 0 Å². The van der Waals surface area contributed by atoms with Gasteiger partial charge in [0.1, 0.15) is 5.65 Å². The van der Waals surface area contributed by atoms with Crippen LogP contribution in [0, 0.1) is 20.8 Å². The van der Waals surface area contributed by atoms with Crippen molar-refractivity contribution in [1.82, 2.24) is 30.0 Å². The molecule has 0 atom stereocenters. The van der Waals surface area contributed by atoms with E-state index in [9.17, 15) is 4.79 Å². The van der Waals surface area contributed by atoms with Crippen LogP contribution in [0.25, 0.3) is 11.0 Å². The highest BCUT2D eigenvalue weighted by Gasteiger charge is 2.13. The van der Waals surface area contributed by atoms with Gasteiger partial charge in [-0.25, -0.2) is 4.98 Å². The van der Waals surface area contributed by atoms with Crippen molar-refractivity contribution in [3.8, 4) is 0 Å². The van der Waals surface area contributed by atoms with Gasteiger partial charge in [0.2, 0.25) is 0 Å². The number of carbonyl (C=O) groups is 1. The molecule has 5 aromatic rings. The fourth-order valence-electron chi connectivity index (χ4n) is 4.40. The molecule has 0 aliphatic carbocycles. The quantitative estimate of drug-likeness (QED) is 0.367. The molecular weight excluding hydrogens is 436 g/mol. The number of hydrogen-bond acceptors (Lipinski definition) is 4. The predicted molar refractivity (Wildman–Crippen MR) is 136 cm³/mol. The SMILES string of the molecule is Cc1cnn(Cc2ccc(Cc3cncc(C(=O)NCc4c(C)nc5[nH]ccc5c4C)c3)cc2)c1. The molecular formula is C28H28N6O. The van der Waals surface area contributed by atoms with Gasteiger partial charge in [-0.2, -0.15) is 5.10 Å². The second-order valence-electron chi connectivity index (χ2n) is 9.01. The number of aromatic amines is 1. The van der Waals surface area contributed by atoms with E-state index in [0.29, 0.717) is 18.5 Å². The lowest BCUT2D eigenvalue weighted by Crippen LogP contribution is -2.24. The molecule has 0 fully saturated rings. The van der Waals surface area contributed by atoms with Gasteiger partial charge >= 0.3 is 0 Å². The zero-order valence-electron chi connectivity index (χ0n) is 20.2. The molecule has 2 N–H and O–H groups in total. The molecule has 0 unspecified atom stereocenters. The van der Waals surface area contributed by atoms with Gasteiger partial charge < -0.3 is 10.3 Å². The molecule has 0 saturated heterocycles. The summed E-state index contributed by atoms with van der Waals surface area (Å²) >= 11 is 0. The van der Waals surface area contributed by atoms with Crippen molar-refractivity contribution in [2.24, 2.45) is 0 Å². The zero-order valence-corrected chi connectivity index (χ0v) is 20.2. The van der Waals surface area contributed by atoms with Gasteiger partial charge in [0.05, 0.1) is 18.3 Å². The Hall–Kier alpha value is -4.26. The summed E-state index contributed by atoms with van der Waals surface area (Å²) in [6.07, 6.45) is 9.92. The topological polar surface area (TPSA) is 88.5 Å². The first kappa shape index (κ1) is 22.5. The van der Waals surface area contributed by atoms with Crippen molar-refractivity contribution >= 4 is 16.9 Å². The molecule has 35 heavy (non-hydrogen) atoms. The average Bonchev–Trinajstić information content (AvgIpc) is 3.49. The van der Waals surface area contributed by atoms with E-state index in [4.69, 9.17) is 0 Å². The fourth-order valence-corrected chi connectivity index (χ4v) is 4.40. The smallest absolute Gasteiger partial charge is 0.253 e. The largest absolute Gasteiger partial charge is 0.348 e. The van der Waals surface area contributed by atoms with Crippen molar-refractivity contribution in [2.75, 3.05) is 0 Å². The second-order valence-corrected chi connectivity index (χ2v) is 9.01. The Kier molecular flexibility index (Phi) is 6.14. The molecule has 176 valence electrons. The Morgan fingerprint density at radius 3 is 2.57 bits per heavy atom. The number of benzene rings is 1. The summed E-state index contributed by atoms with van der Waals surface area (Å²) in [6.45, 7) is 7.24. The summed E-state index contributed by atoms with van der Waals surface area (Å²) in [6, 6.07) is 12.4. The van der Waals surface area contributed by atoms with E-state index in [1.54, 1.807) is 6.20 Å². The lowest BCUT2D eigenvalue weighted by molar-refractivity contribution is 0.0950. The normalized spacial score (nSPS) is 11.2. The van der Waals surface area contributed by atoms with Crippen LogP contribution in [0.1, 0.15) is 49.4 Å². The maximum Gasteiger partial charge on any atom is 0.253 e. The first-order chi connectivity index (χ1) is 17.0. The molecule has 0 spiro atoms. The van der Waals surface area contributed by atoms with E-state index in [0.717, 1.165) is 45.5 Å². The third-order valence-electron chi connectivity index (χ3n) is 6.32. The van der Waals surface area contributed by atoms with Gasteiger partial charge in [-0.05, 0) is 72.7 Å². The van der Waals surface area contributed by atoms with Crippen LogP contribution in [0.4, 0.5) is 0 Å². The van der Waals surface area contributed by atoms with Crippen LogP contribution < -0.4 is 5.32 Å². The van der Waals surface area contributed by atoms with Crippen LogP contribution in [0.3, 0.4) is 0 Å². The Morgan fingerprint density at radius 2 is 1.80 bits per heavy atom. The average molecular weight is 465 g/mol. The van der Waals surface area contributed by atoms with E-state index >= 15 is 0 Å². The third kappa shape index (κ3) is 4.99. The summed E-state index contributed by atoms with van der Waals surface area (Å²) < 4.78 is 1.94. The molecule has 0 aliphatic rings. The van der Waals surface area contributed by atoms with Gasteiger partial charge in [-0.3, -0.25) is 14.5 Å². The molecule has 0 bridgehead atoms. The number of aryl methyl sites for hydroxylation is 3.